The van der Waals surface area contributed by atoms with Crippen LogP contribution >= 0.6 is 23.4 Å². The number of hydrogen-bond acceptors (Lipinski definition) is 3. The lowest BCUT2D eigenvalue weighted by molar-refractivity contribution is 0.182. The maximum atomic E-state index is 6.13. The van der Waals surface area contributed by atoms with E-state index in [0.29, 0.717) is 5.92 Å². The van der Waals surface area contributed by atoms with Gasteiger partial charge in [0.05, 0.1) is 6.61 Å². The lowest BCUT2D eigenvalue weighted by Gasteiger charge is -2.16. The Balaban J connectivity index is 1.80. The fourth-order valence-corrected chi connectivity index (χ4v) is 2.86. The molecule has 2 unspecified atom stereocenters. The van der Waals surface area contributed by atoms with Gasteiger partial charge in [-0.05, 0) is 30.7 Å². The first-order chi connectivity index (χ1) is 7.75. The molecule has 1 aromatic rings. The van der Waals surface area contributed by atoms with Crippen LogP contribution in [0.25, 0.3) is 0 Å². The second kappa shape index (κ2) is 5.92. The summed E-state index contributed by atoms with van der Waals surface area (Å²) < 4.78 is 5.34. The van der Waals surface area contributed by atoms with Crippen molar-refractivity contribution in [1.82, 2.24) is 0 Å². The Morgan fingerprint density at radius 2 is 2.19 bits per heavy atom. The minimum Gasteiger partial charge on any atom is -0.381 e. The normalized spacial score (nSPS) is 22.2. The number of ether oxygens (including phenoxy) is 1. The molecule has 2 nitrogen and oxygen atoms in total. The van der Waals surface area contributed by atoms with Crippen LogP contribution in [0.1, 0.15) is 6.42 Å². The summed E-state index contributed by atoms with van der Waals surface area (Å²) in [5.74, 6) is 1.47. The van der Waals surface area contributed by atoms with Gasteiger partial charge < -0.3 is 10.5 Å². The molecule has 1 heterocycles. The molecule has 16 heavy (non-hydrogen) atoms. The summed E-state index contributed by atoms with van der Waals surface area (Å²) in [6, 6.07) is 8.11. The third kappa shape index (κ3) is 3.39. The highest BCUT2D eigenvalue weighted by Crippen LogP contribution is 2.24. The van der Waals surface area contributed by atoms with Gasteiger partial charge in [0.1, 0.15) is 0 Å². The number of rotatable bonds is 4. The Bertz CT molecular complexity index is 324. The zero-order valence-electron chi connectivity index (χ0n) is 9.06. The van der Waals surface area contributed by atoms with E-state index in [-0.39, 0.29) is 6.04 Å². The molecular weight excluding hydrogens is 242 g/mol. The Morgan fingerprint density at radius 1 is 1.44 bits per heavy atom. The van der Waals surface area contributed by atoms with E-state index in [1.807, 2.05) is 24.3 Å². The number of hydrogen-bond donors (Lipinski definition) is 1. The monoisotopic (exact) mass is 257 g/mol. The molecule has 1 saturated heterocycles. The van der Waals surface area contributed by atoms with Crippen molar-refractivity contribution in [2.75, 3.05) is 19.0 Å². The van der Waals surface area contributed by atoms with Crippen molar-refractivity contribution in [1.29, 1.82) is 0 Å². The Morgan fingerprint density at radius 3 is 2.81 bits per heavy atom. The van der Waals surface area contributed by atoms with Gasteiger partial charge in [-0.1, -0.05) is 11.6 Å². The zero-order chi connectivity index (χ0) is 11.4. The minimum absolute atomic E-state index is 0.225. The number of halogens is 1. The van der Waals surface area contributed by atoms with E-state index in [9.17, 15) is 0 Å². The third-order valence-corrected chi connectivity index (χ3v) is 4.24. The van der Waals surface area contributed by atoms with Crippen LogP contribution in [0.15, 0.2) is 29.2 Å². The summed E-state index contributed by atoms with van der Waals surface area (Å²) >= 11 is 7.61. The van der Waals surface area contributed by atoms with Crippen LogP contribution in [0.3, 0.4) is 0 Å². The van der Waals surface area contributed by atoms with E-state index < -0.39 is 0 Å². The Kier molecular flexibility index (Phi) is 4.53. The lowest BCUT2D eigenvalue weighted by atomic mass is 10.0. The Labute approximate surface area is 105 Å². The molecule has 1 aliphatic rings. The average molecular weight is 258 g/mol. The van der Waals surface area contributed by atoms with Crippen LogP contribution in [0, 0.1) is 5.92 Å². The van der Waals surface area contributed by atoms with E-state index in [2.05, 4.69) is 0 Å². The molecule has 2 N–H and O–H groups in total. The molecule has 1 fully saturated rings. The molecule has 4 heteroatoms. The van der Waals surface area contributed by atoms with E-state index in [1.165, 1.54) is 4.90 Å². The first-order valence-electron chi connectivity index (χ1n) is 5.47. The van der Waals surface area contributed by atoms with Gasteiger partial charge in [0.2, 0.25) is 0 Å². The molecule has 0 amide bonds. The van der Waals surface area contributed by atoms with Crippen LogP contribution in [0.2, 0.25) is 5.02 Å². The van der Waals surface area contributed by atoms with Crippen LogP contribution in [-0.2, 0) is 4.74 Å². The van der Waals surface area contributed by atoms with Gasteiger partial charge in [-0.25, -0.2) is 0 Å². The van der Waals surface area contributed by atoms with Crippen molar-refractivity contribution in [2.45, 2.75) is 17.4 Å². The predicted molar refractivity (Wildman–Crippen MR) is 69.1 cm³/mol. The fourth-order valence-electron chi connectivity index (χ4n) is 1.75. The topological polar surface area (TPSA) is 35.2 Å². The SMILES string of the molecule is NC(CSc1ccc(Cl)cc1)C1CCOC1. The van der Waals surface area contributed by atoms with Gasteiger partial charge in [-0.15, -0.1) is 11.8 Å². The van der Waals surface area contributed by atoms with Crippen molar-refractivity contribution in [3.8, 4) is 0 Å². The molecule has 2 rings (SSSR count). The number of nitrogens with two attached hydrogens (primary N) is 1. The molecule has 0 aliphatic carbocycles. The molecule has 88 valence electrons. The predicted octanol–water partition coefficient (Wildman–Crippen LogP) is 2.80. The summed E-state index contributed by atoms with van der Waals surface area (Å²) in [4.78, 5) is 1.22. The van der Waals surface area contributed by atoms with Gasteiger partial charge in [-0.2, -0.15) is 0 Å². The Hall–Kier alpha value is -0.220. The molecule has 0 saturated carbocycles. The smallest absolute Gasteiger partial charge is 0.0510 e. The molecule has 0 radical (unpaired) electrons. The van der Waals surface area contributed by atoms with E-state index in [0.717, 1.165) is 30.4 Å². The first kappa shape index (κ1) is 12.2. The highest BCUT2D eigenvalue weighted by atomic mass is 35.5. The molecule has 1 aliphatic heterocycles. The quantitative estimate of drug-likeness (QED) is 0.843. The standard InChI is InChI=1S/C12H16ClNOS/c13-10-1-3-11(4-2-10)16-8-12(14)9-5-6-15-7-9/h1-4,9,12H,5-8,14H2. The summed E-state index contributed by atoms with van der Waals surface area (Å²) in [5, 5.41) is 0.776. The van der Waals surface area contributed by atoms with Crippen LogP contribution in [0.4, 0.5) is 0 Å². The molecule has 1 aromatic carbocycles. The van der Waals surface area contributed by atoms with Crippen LogP contribution in [-0.4, -0.2) is 25.0 Å². The summed E-state index contributed by atoms with van der Waals surface area (Å²) in [6.45, 7) is 1.69. The van der Waals surface area contributed by atoms with Crippen molar-refractivity contribution < 1.29 is 4.74 Å². The lowest BCUT2D eigenvalue weighted by Crippen LogP contribution is -2.32. The van der Waals surface area contributed by atoms with Crippen molar-refractivity contribution in [2.24, 2.45) is 11.7 Å². The van der Waals surface area contributed by atoms with E-state index >= 15 is 0 Å². The maximum Gasteiger partial charge on any atom is 0.0510 e. The highest BCUT2D eigenvalue weighted by molar-refractivity contribution is 7.99. The second-order valence-electron chi connectivity index (χ2n) is 4.05. The summed E-state index contributed by atoms with van der Waals surface area (Å²) in [7, 11) is 0. The van der Waals surface area contributed by atoms with E-state index in [4.69, 9.17) is 22.1 Å². The van der Waals surface area contributed by atoms with Crippen molar-refractivity contribution in [3.63, 3.8) is 0 Å². The first-order valence-corrected chi connectivity index (χ1v) is 6.84. The molecule has 0 spiro atoms. The minimum atomic E-state index is 0.225. The number of benzene rings is 1. The van der Waals surface area contributed by atoms with Crippen LogP contribution in [0.5, 0.6) is 0 Å². The highest BCUT2D eigenvalue weighted by Gasteiger charge is 2.22. The van der Waals surface area contributed by atoms with Crippen LogP contribution < -0.4 is 5.73 Å². The van der Waals surface area contributed by atoms with Gasteiger partial charge in [0.15, 0.2) is 0 Å². The van der Waals surface area contributed by atoms with E-state index in [1.54, 1.807) is 11.8 Å². The van der Waals surface area contributed by atoms with Gasteiger partial charge in [0, 0.05) is 34.2 Å². The van der Waals surface area contributed by atoms with Gasteiger partial charge in [0.25, 0.3) is 0 Å². The second-order valence-corrected chi connectivity index (χ2v) is 5.58. The number of thioether (sulfide) groups is 1. The largest absolute Gasteiger partial charge is 0.381 e. The molecule has 0 bridgehead atoms. The van der Waals surface area contributed by atoms with Gasteiger partial charge >= 0.3 is 0 Å². The maximum absolute atomic E-state index is 6.13. The zero-order valence-corrected chi connectivity index (χ0v) is 10.6. The summed E-state index contributed by atoms with van der Waals surface area (Å²) in [5.41, 5.74) is 6.13. The summed E-state index contributed by atoms with van der Waals surface area (Å²) in [6.07, 6.45) is 1.10. The average Bonchev–Trinajstić information content (AvgIpc) is 2.81. The molecular formula is C12H16ClNOS. The van der Waals surface area contributed by atoms with Crippen molar-refractivity contribution in [3.05, 3.63) is 29.3 Å². The fraction of sp³-hybridized carbons (Fsp3) is 0.500. The molecule has 2 atom stereocenters. The van der Waals surface area contributed by atoms with Crippen molar-refractivity contribution >= 4 is 23.4 Å². The molecule has 0 aromatic heterocycles. The third-order valence-electron chi connectivity index (χ3n) is 2.83. The van der Waals surface area contributed by atoms with Gasteiger partial charge in [-0.3, -0.25) is 0 Å².